The first-order valence-electron chi connectivity index (χ1n) is 24.3. The van der Waals surface area contributed by atoms with Gasteiger partial charge >= 0.3 is 5.97 Å². The van der Waals surface area contributed by atoms with Crippen LogP contribution in [0.25, 0.3) is 0 Å². The summed E-state index contributed by atoms with van der Waals surface area (Å²) in [5, 5.41) is 49.3. The van der Waals surface area contributed by atoms with E-state index in [0.717, 1.165) is 12.0 Å². The van der Waals surface area contributed by atoms with Crippen LogP contribution in [0.15, 0.2) is 47.6 Å². The molecule has 3 fully saturated rings. The molecular weight excluding hydrogens is 883 g/mol. The first kappa shape index (κ1) is 58.8. The van der Waals surface area contributed by atoms with Crippen LogP contribution in [0.2, 0.25) is 0 Å². The highest BCUT2D eigenvalue weighted by molar-refractivity contribution is 6.39. The van der Waals surface area contributed by atoms with Crippen molar-refractivity contribution in [1.82, 2.24) is 4.90 Å². The van der Waals surface area contributed by atoms with Gasteiger partial charge in [-0.05, 0) is 107 Å². The van der Waals surface area contributed by atoms with E-state index in [1.807, 2.05) is 58.1 Å². The van der Waals surface area contributed by atoms with Gasteiger partial charge in [0.05, 0.1) is 24.4 Å². The summed E-state index contributed by atoms with van der Waals surface area (Å²) < 4.78 is 29.4. The number of hydrogen-bond acceptors (Lipinski definition) is 16. The molecule has 1 amide bonds. The molecule has 0 radical (unpaired) electrons. The molecule has 17 heteroatoms. The van der Waals surface area contributed by atoms with E-state index in [2.05, 4.69) is 5.04 Å². The average molecular weight is 964 g/mol. The van der Waals surface area contributed by atoms with Crippen molar-refractivity contribution in [2.75, 3.05) is 27.9 Å². The zero-order chi connectivity index (χ0) is 50.9. The van der Waals surface area contributed by atoms with Gasteiger partial charge in [0.25, 0.3) is 11.7 Å². The number of hydrogen-bond donors (Lipinski definition) is 5. The number of ether oxygens (including phenoxy) is 5. The lowest BCUT2D eigenvalue weighted by atomic mass is 9.78. The summed E-state index contributed by atoms with van der Waals surface area (Å²) in [6, 6.07) is -1.14. The summed E-state index contributed by atoms with van der Waals surface area (Å²) >= 11 is 0. The Morgan fingerprint density at radius 3 is 2.18 bits per heavy atom. The molecule has 68 heavy (non-hydrogen) atoms. The Labute approximate surface area is 402 Å². The molecule has 3 aliphatic heterocycles. The number of Topliss-reactive ketones (excluding diaryl/α,β-unsaturated/α-hetero) is 3. The summed E-state index contributed by atoms with van der Waals surface area (Å²) in [5.41, 5.74) is 1.27. The molecule has 0 spiro atoms. The SMILES string of the molecule is CO[C@H]1C[C@@H]2CC[C@@H](C)[C@@](O)(O2)C(=O)C(=O)N2CCCC[C@H]2C(=O)O[C@H]([C@H](C)C[C@@H]2CC[C@@H](O)[C@H](OC)C2)CC(=O)[C@H](C)/C=C(\C)[C@@H](O)[C@@H](OC)C(=O)[C@H](C)C[C@H](C)/C=C/C=C/C=C/1C.OOO. The molecule has 17 nitrogen and oxygen atoms in total. The number of allylic oxidation sites excluding steroid dienone is 6. The lowest BCUT2D eigenvalue weighted by Gasteiger charge is -2.42. The van der Waals surface area contributed by atoms with E-state index in [1.54, 1.807) is 41.1 Å². The highest BCUT2D eigenvalue weighted by Gasteiger charge is 2.53. The van der Waals surface area contributed by atoms with Crippen LogP contribution in [-0.4, -0.2) is 142 Å². The minimum Gasteiger partial charge on any atom is -0.460 e. The van der Waals surface area contributed by atoms with E-state index in [1.165, 1.54) is 12.0 Å². The maximum Gasteiger partial charge on any atom is 0.329 e. The van der Waals surface area contributed by atoms with Crippen LogP contribution in [0.3, 0.4) is 0 Å². The highest BCUT2D eigenvalue weighted by Crippen LogP contribution is 2.38. The normalized spacial score (nSPS) is 38.9. The number of aliphatic hydroxyl groups excluding tert-OH is 2. The molecule has 2 saturated heterocycles. The van der Waals surface area contributed by atoms with Gasteiger partial charge in [-0.1, -0.05) is 76.1 Å². The Morgan fingerprint density at radius 1 is 0.838 bits per heavy atom. The summed E-state index contributed by atoms with van der Waals surface area (Å²) in [7, 11) is 4.52. The number of nitrogens with zero attached hydrogens (tertiary/aromatic N) is 1. The van der Waals surface area contributed by atoms with Crippen molar-refractivity contribution in [3.8, 4) is 0 Å². The van der Waals surface area contributed by atoms with Gasteiger partial charge in [-0.15, -0.1) is 0 Å². The van der Waals surface area contributed by atoms with Crippen molar-refractivity contribution in [1.29, 1.82) is 0 Å². The molecule has 4 rings (SSSR count). The largest absolute Gasteiger partial charge is 0.460 e. The van der Waals surface area contributed by atoms with Gasteiger partial charge in [0.2, 0.25) is 5.79 Å². The zero-order valence-corrected chi connectivity index (χ0v) is 41.9. The average Bonchev–Trinajstić information content (AvgIpc) is 3.31. The van der Waals surface area contributed by atoms with E-state index in [0.29, 0.717) is 63.4 Å². The number of aliphatic hydroxyl groups is 3. The molecule has 0 aromatic carbocycles. The number of piperidine rings is 1. The minimum absolute atomic E-state index is 0.0193. The Morgan fingerprint density at radius 2 is 1.53 bits per heavy atom. The van der Waals surface area contributed by atoms with E-state index in [-0.39, 0.29) is 54.8 Å². The van der Waals surface area contributed by atoms with Crippen LogP contribution in [-0.2, 0) is 52.7 Å². The third-order valence-electron chi connectivity index (χ3n) is 14.5. The van der Waals surface area contributed by atoms with Crippen LogP contribution < -0.4 is 0 Å². The molecular formula is C51H81NO16. The van der Waals surface area contributed by atoms with Crippen molar-refractivity contribution >= 4 is 29.2 Å². The smallest absolute Gasteiger partial charge is 0.329 e. The minimum atomic E-state index is -2.43. The number of methoxy groups -OCH3 is 3. The Bertz CT molecular complexity index is 1780. The van der Waals surface area contributed by atoms with E-state index in [9.17, 15) is 39.3 Å². The monoisotopic (exact) mass is 964 g/mol. The molecule has 1 aliphatic carbocycles. The van der Waals surface area contributed by atoms with E-state index < -0.39 is 83.9 Å². The Hall–Kier alpha value is -3.49. The summed E-state index contributed by atoms with van der Waals surface area (Å²) in [5.74, 6) is -7.96. The fourth-order valence-corrected chi connectivity index (χ4v) is 10.1. The summed E-state index contributed by atoms with van der Waals surface area (Å²) in [6.07, 6.45) is 11.2. The quantitative estimate of drug-likeness (QED) is 0.0661. The number of rotatable bonds is 6. The van der Waals surface area contributed by atoms with Gasteiger partial charge in [0, 0.05) is 58.5 Å². The molecule has 0 aromatic rings. The van der Waals surface area contributed by atoms with Crippen molar-refractivity contribution < 1.29 is 78.5 Å². The van der Waals surface area contributed by atoms with Gasteiger partial charge in [-0.3, -0.25) is 19.2 Å². The van der Waals surface area contributed by atoms with Gasteiger partial charge in [0.1, 0.15) is 30.1 Å². The Balaban J connectivity index is 0.00000397. The van der Waals surface area contributed by atoms with Crippen molar-refractivity contribution in [2.24, 2.45) is 35.5 Å². The number of ketones is 3. The van der Waals surface area contributed by atoms with Crippen LogP contribution in [0.4, 0.5) is 0 Å². The number of fused-ring (bicyclic) bond motifs is 3. The summed E-state index contributed by atoms with van der Waals surface area (Å²) in [6.45, 7) is 12.7. The first-order valence-corrected chi connectivity index (χ1v) is 24.3. The molecule has 15 atom stereocenters. The molecule has 1 saturated carbocycles. The lowest BCUT2D eigenvalue weighted by molar-refractivity contribution is -0.465. The van der Waals surface area contributed by atoms with Crippen molar-refractivity contribution in [3.05, 3.63) is 47.6 Å². The topological polar surface area (TPSA) is 245 Å². The van der Waals surface area contributed by atoms with E-state index in [4.69, 9.17) is 34.2 Å². The Kier molecular flexibility index (Phi) is 24.6. The number of carbonyl (C=O) groups is 5. The number of esters is 1. The standard InChI is InChI=1S/C51H79NO13.H2O3/c1-30-16-12-11-13-17-31(2)42(61-8)28-38-21-19-36(7)51(60,65-38)48(57)49(58)52-23-15-14-18-39(52)50(59)64-43(33(4)26-37-20-22-40(53)44(27-37)62-9)29-41(54)32(3)25-35(6)46(56)47(63-10)45(55)34(5)24-30;1-3-2/h11-13,16-17,25,30,32-34,36-40,42-44,46-47,53,56,60H,14-15,18-24,26-29H2,1-10H3;1-2H/b13-11+,16-12+,31-17+,35-25+;/t30-,32-,33-,34-,36-,37+,38+,39+,40-,42+,43+,44-,46-,47+,51-;/m1./s1. The molecule has 3 heterocycles. The van der Waals surface area contributed by atoms with Gasteiger partial charge in [-0.2, -0.15) is 0 Å². The van der Waals surface area contributed by atoms with Crippen molar-refractivity contribution in [3.63, 3.8) is 0 Å². The number of amides is 1. The first-order chi connectivity index (χ1) is 32.2. The second-order valence-electron chi connectivity index (χ2n) is 19.7. The zero-order valence-electron chi connectivity index (χ0n) is 41.9. The molecule has 2 bridgehead atoms. The van der Waals surface area contributed by atoms with Crippen LogP contribution in [0.5, 0.6) is 0 Å². The maximum atomic E-state index is 14.4. The van der Waals surface area contributed by atoms with Crippen molar-refractivity contribution in [2.45, 2.75) is 180 Å². The predicted octanol–water partition coefficient (Wildman–Crippen LogP) is 6.13. The highest BCUT2D eigenvalue weighted by atomic mass is 17.4. The fraction of sp³-hybridized carbons (Fsp3) is 0.745. The molecule has 386 valence electrons. The molecule has 5 N–H and O–H groups in total. The maximum absolute atomic E-state index is 14.4. The summed E-state index contributed by atoms with van der Waals surface area (Å²) in [4.78, 5) is 71.8. The van der Waals surface area contributed by atoms with Gasteiger partial charge in [-0.25, -0.2) is 15.3 Å². The van der Waals surface area contributed by atoms with Crippen LogP contribution in [0.1, 0.15) is 126 Å². The number of cyclic esters (lactones) is 1. The van der Waals surface area contributed by atoms with Crippen LogP contribution >= 0.6 is 0 Å². The fourth-order valence-electron chi connectivity index (χ4n) is 10.1. The lowest BCUT2D eigenvalue weighted by Crippen LogP contribution is -2.61. The second kappa shape index (κ2) is 28.4. The second-order valence-corrected chi connectivity index (χ2v) is 19.7. The van der Waals surface area contributed by atoms with Gasteiger partial charge < -0.3 is 43.9 Å². The molecule has 4 aliphatic rings. The van der Waals surface area contributed by atoms with Gasteiger partial charge in [0.15, 0.2) is 5.78 Å². The molecule has 0 unspecified atom stereocenters. The third-order valence-corrected chi connectivity index (χ3v) is 14.5. The number of carbonyl (C=O) groups excluding carboxylic acids is 5. The third kappa shape index (κ3) is 16.3. The predicted molar refractivity (Wildman–Crippen MR) is 251 cm³/mol. The van der Waals surface area contributed by atoms with E-state index >= 15 is 0 Å². The molecule has 0 aromatic heterocycles. The van der Waals surface area contributed by atoms with Crippen LogP contribution in [0, 0.1) is 35.5 Å².